The standard InChI is InChI=1S/C14H18BrNO2/c1-9(2)18-14(17)12-6-7-16-13(12)10-4-3-5-11(15)8-10/h3-5,8-9,12-13,16H,6-7H2,1-2H3. The third kappa shape index (κ3) is 3.12. The highest BCUT2D eigenvalue weighted by Crippen LogP contribution is 2.32. The van der Waals surface area contributed by atoms with Crippen LogP contribution in [0, 0.1) is 5.92 Å². The third-order valence-electron chi connectivity index (χ3n) is 3.08. The summed E-state index contributed by atoms with van der Waals surface area (Å²) in [6.45, 7) is 4.62. The van der Waals surface area contributed by atoms with Gasteiger partial charge in [-0.2, -0.15) is 0 Å². The van der Waals surface area contributed by atoms with Gasteiger partial charge < -0.3 is 10.1 Å². The third-order valence-corrected chi connectivity index (χ3v) is 3.58. The Morgan fingerprint density at radius 2 is 2.28 bits per heavy atom. The topological polar surface area (TPSA) is 38.3 Å². The van der Waals surface area contributed by atoms with Gasteiger partial charge in [-0.1, -0.05) is 28.1 Å². The van der Waals surface area contributed by atoms with Gasteiger partial charge in [-0.15, -0.1) is 0 Å². The minimum absolute atomic E-state index is 0.0544. The molecule has 1 aromatic rings. The molecule has 0 aromatic heterocycles. The van der Waals surface area contributed by atoms with Crippen LogP contribution in [0.3, 0.4) is 0 Å². The lowest BCUT2D eigenvalue weighted by molar-refractivity contribution is -0.152. The Kier molecular flexibility index (Phi) is 4.40. The Hall–Kier alpha value is -0.870. The van der Waals surface area contributed by atoms with Crippen molar-refractivity contribution in [3.8, 4) is 0 Å². The summed E-state index contributed by atoms with van der Waals surface area (Å²) in [5.41, 5.74) is 1.13. The number of rotatable bonds is 3. The maximum Gasteiger partial charge on any atom is 0.311 e. The lowest BCUT2D eigenvalue weighted by atomic mass is 9.94. The summed E-state index contributed by atoms with van der Waals surface area (Å²) in [4.78, 5) is 12.1. The molecule has 4 heteroatoms. The van der Waals surface area contributed by atoms with Gasteiger partial charge in [0.2, 0.25) is 0 Å². The molecule has 1 heterocycles. The molecule has 0 radical (unpaired) electrons. The summed E-state index contributed by atoms with van der Waals surface area (Å²) in [7, 11) is 0. The number of carbonyl (C=O) groups excluding carboxylic acids is 1. The molecule has 2 unspecified atom stereocenters. The summed E-state index contributed by atoms with van der Waals surface area (Å²) in [6.07, 6.45) is 0.782. The van der Waals surface area contributed by atoms with Crippen LogP contribution >= 0.6 is 15.9 Å². The summed E-state index contributed by atoms with van der Waals surface area (Å²) in [6, 6.07) is 8.14. The first kappa shape index (κ1) is 13.6. The molecule has 1 N–H and O–H groups in total. The molecule has 2 rings (SSSR count). The van der Waals surface area contributed by atoms with E-state index in [4.69, 9.17) is 4.74 Å². The zero-order chi connectivity index (χ0) is 13.1. The van der Waals surface area contributed by atoms with Crippen LogP contribution in [0.1, 0.15) is 31.9 Å². The number of ether oxygens (including phenoxy) is 1. The Balaban J connectivity index is 2.14. The van der Waals surface area contributed by atoms with Gasteiger partial charge in [0.25, 0.3) is 0 Å². The molecule has 0 amide bonds. The minimum Gasteiger partial charge on any atom is -0.463 e. The van der Waals surface area contributed by atoms with Gasteiger partial charge >= 0.3 is 5.97 Å². The Morgan fingerprint density at radius 1 is 1.50 bits per heavy atom. The lowest BCUT2D eigenvalue weighted by Crippen LogP contribution is -2.27. The quantitative estimate of drug-likeness (QED) is 0.872. The Morgan fingerprint density at radius 3 is 2.94 bits per heavy atom. The number of nitrogens with one attached hydrogen (secondary N) is 1. The van der Waals surface area contributed by atoms with Crippen molar-refractivity contribution in [2.24, 2.45) is 5.92 Å². The maximum atomic E-state index is 12.1. The van der Waals surface area contributed by atoms with E-state index in [0.29, 0.717) is 0 Å². The molecule has 0 bridgehead atoms. The van der Waals surface area contributed by atoms with E-state index in [1.807, 2.05) is 32.0 Å². The molecule has 2 atom stereocenters. The average Bonchev–Trinajstić information content (AvgIpc) is 2.76. The number of hydrogen-bond acceptors (Lipinski definition) is 3. The first-order chi connectivity index (χ1) is 8.58. The molecule has 18 heavy (non-hydrogen) atoms. The molecule has 0 saturated carbocycles. The van der Waals surface area contributed by atoms with Gasteiger partial charge in [-0.3, -0.25) is 4.79 Å². The normalized spacial score (nSPS) is 23.3. The minimum atomic E-state index is -0.0972. The second-order valence-corrected chi connectivity index (χ2v) is 5.78. The van der Waals surface area contributed by atoms with Crippen LogP contribution in [-0.2, 0) is 9.53 Å². The van der Waals surface area contributed by atoms with Crippen molar-refractivity contribution in [3.05, 3.63) is 34.3 Å². The molecule has 0 spiro atoms. The number of benzene rings is 1. The van der Waals surface area contributed by atoms with Gasteiger partial charge in [-0.25, -0.2) is 0 Å². The van der Waals surface area contributed by atoms with Crippen LogP contribution in [-0.4, -0.2) is 18.6 Å². The second-order valence-electron chi connectivity index (χ2n) is 4.87. The van der Waals surface area contributed by atoms with Crippen molar-refractivity contribution in [2.45, 2.75) is 32.4 Å². The van der Waals surface area contributed by atoms with Crippen LogP contribution in [0.2, 0.25) is 0 Å². The molecule has 3 nitrogen and oxygen atoms in total. The van der Waals surface area contributed by atoms with Crippen LogP contribution in [0.5, 0.6) is 0 Å². The number of halogens is 1. The zero-order valence-corrected chi connectivity index (χ0v) is 12.2. The molecular formula is C14H18BrNO2. The predicted molar refractivity (Wildman–Crippen MR) is 74.2 cm³/mol. The summed E-state index contributed by atoms with van der Waals surface area (Å²) in [5, 5.41) is 3.38. The number of carbonyl (C=O) groups is 1. The van der Waals surface area contributed by atoms with Gasteiger partial charge in [0.05, 0.1) is 12.0 Å². The van der Waals surface area contributed by atoms with Crippen molar-refractivity contribution in [1.29, 1.82) is 0 Å². The van der Waals surface area contributed by atoms with Crippen molar-refractivity contribution in [3.63, 3.8) is 0 Å². The predicted octanol–water partition coefficient (Wildman–Crippen LogP) is 3.05. The van der Waals surface area contributed by atoms with E-state index < -0.39 is 0 Å². The number of esters is 1. The summed E-state index contributed by atoms with van der Waals surface area (Å²) < 4.78 is 6.36. The summed E-state index contributed by atoms with van der Waals surface area (Å²) >= 11 is 3.46. The van der Waals surface area contributed by atoms with Crippen LogP contribution in [0.15, 0.2) is 28.7 Å². The SMILES string of the molecule is CC(C)OC(=O)C1CCNC1c1cccc(Br)c1. The highest BCUT2D eigenvalue weighted by molar-refractivity contribution is 9.10. The van der Waals surface area contributed by atoms with E-state index in [9.17, 15) is 4.79 Å². The van der Waals surface area contributed by atoms with Crippen molar-refractivity contribution < 1.29 is 9.53 Å². The van der Waals surface area contributed by atoms with E-state index in [1.165, 1.54) is 0 Å². The fourth-order valence-corrected chi connectivity index (χ4v) is 2.74. The second kappa shape index (κ2) is 5.85. The highest BCUT2D eigenvalue weighted by Gasteiger charge is 2.35. The zero-order valence-electron chi connectivity index (χ0n) is 10.7. The first-order valence-corrected chi connectivity index (χ1v) is 7.06. The van der Waals surface area contributed by atoms with E-state index in [2.05, 4.69) is 27.3 Å². The monoisotopic (exact) mass is 311 g/mol. The van der Waals surface area contributed by atoms with E-state index in [1.54, 1.807) is 0 Å². The molecule has 1 aliphatic rings. The smallest absolute Gasteiger partial charge is 0.311 e. The highest BCUT2D eigenvalue weighted by atomic mass is 79.9. The Labute approximate surface area is 116 Å². The molecule has 1 aliphatic heterocycles. The Bertz CT molecular complexity index is 434. The summed E-state index contributed by atoms with van der Waals surface area (Å²) in [5.74, 6) is -0.179. The first-order valence-electron chi connectivity index (χ1n) is 6.27. The van der Waals surface area contributed by atoms with Gasteiger partial charge in [0, 0.05) is 10.5 Å². The fraction of sp³-hybridized carbons (Fsp3) is 0.500. The van der Waals surface area contributed by atoms with E-state index in [0.717, 1.165) is 23.0 Å². The largest absolute Gasteiger partial charge is 0.463 e. The van der Waals surface area contributed by atoms with Gasteiger partial charge in [0.1, 0.15) is 0 Å². The van der Waals surface area contributed by atoms with E-state index in [-0.39, 0.29) is 24.0 Å². The average molecular weight is 312 g/mol. The maximum absolute atomic E-state index is 12.1. The van der Waals surface area contributed by atoms with Gasteiger partial charge in [-0.05, 0) is 44.5 Å². The molecule has 1 saturated heterocycles. The van der Waals surface area contributed by atoms with Crippen LogP contribution < -0.4 is 5.32 Å². The molecule has 0 aliphatic carbocycles. The fourth-order valence-electron chi connectivity index (χ4n) is 2.33. The molecule has 1 fully saturated rings. The number of hydrogen-bond donors (Lipinski definition) is 1. The van der Waals surface area contributed by atoms with Crippen LogP contribution in [0.25, 0.3) is 0 Å². The van der Waals surface area contributed by atoms with Crippen molar-refractivity contribution in [2.75, 3.05) is 6.54 Å². The molecular weight excluding hydrogens is 294 g/mol. The van der Waals surface area contributed by atoms with Crippen molar-refractivity contribution in [1.82, 2.24) is 5.32 Å². The molecule has 1 aromatic carbocycles. The lowest BCUT2D eigenvalue weighted by Gasteiger charge is -2.20. The van der Waals surface area contributed by atoms with Gasteiger partial charge in [0.15, 0.2) is 0 Å². The molecule has 98 valence electrons. The van der Waals surface area contributed by atoms with Crippen LogP contribution in [0.4, 0.5) is 0 Å². The van der Waals surface area contributed by atoms with Crippen molar-refractivity contribution >= 4 is 21.9 Å². The van der Waals surface area contributed by atoms with E-state index >= 15 is 0 Å².